The molecule has 0 fully saturated rings. The molecule has 1 aliphatic carbocycles. The van der Waals surface area contributed by atoms with Crippen LogP contribution < -0.4 is 20.2 Å². The van der Waals surface area contributed by atoms with E-state index in [9.17, 15) is 14.7 Å². The van der Waals surface area contributed by atoms with Gasteiger partial charge >= 0.3 is 0 Å². The average Bonchev–Trinajstić information content (AvgIpc) is 2.91. The molecule has 1 amide bonds. The Labute approximate surface area is 161 Å². The molecule has 6 nitrogen and oxygen atoms in total. The normalized spacial score (nSPS) is 15.1. The molecule has 2 aromatic carbocycles. The summed E-state index contributed by atoms with van der Waals surface area (Å²) in [5, 5.41) is 13.4. The molecular weight excluding hydrogens is 366 g/mol. The van der Waals surface area contributed by atoms with Crippen LogP contribution in [0.25, 0.3) is 11.1 Å². The van der Waals surface area contributed by atoms with Crippen molar-refractivity contribution in [2.45, 2.75) is 23.8 Å². The minimum absolute atomic E-state index is 0.0922. The molecule has 0 saturated heterocycles. The van der Waals surface area contributed by atoms with Crippen molar-refractivity contribution in [2.75, 3.05) is 20.5 Å². The standard InChI is InChI=1S/C20H21NO5S/c1-25-16-8-11-4-6-14(21-10-22)13-9-15(23)17(27-3)7-5-12(13)18(11)20(26-2)19(16)24/h5,7-10,14,24H,4,6H2,1-3H3,(H,21,22). The summed E-state index contributed by atoms with van der Waals surface area (Å²) < 4.78 is 10.8. The molecule has 0 heterocycles. The number of thioether (sulfide) groups is 1. The van der Waals surface area contributed by atoms with Gasteiger partial charge in [-0.25, -0.2) is 0 Å². The zero-order valence-electron chi connectivity index (χ0n) is 15.4. The number of ether oxygens (including phenoxy) is 2. The maximum absolute atomic E-state index is 12.6. The highest BCUT2D eigenvalue weighted by Gasteiger charge is 2.28. The largest absolute Gasteiger partial charge is 0.502 e. The van der Waals surface area contributed by atoms with E-state index in [0.29, 0.717) is 46.8 Å². The van der Waals surface area contributed by atoms with Gasteiger partial charge in [-0.3, -0.25) is 9.59 Å². The van der Waals surface area contributed by atoms with Gasteiger partial charge < -0.3 is 19.9 Å². The van der Waals surface area contributed by atoms with Gasteiger partial charge in [-0.2, -0.15) is 0 Å². The summed E-state index contributed by atoms with van der Waals surface area (Å²) in [6, 6.07) is 6.64. The minimum Gasteiger partial charge on any atom is -0.502 e. The zero-order valence-corrected chi connectivity index (χ0v) is 16.2. The number of phenolic OH excluding ortho intramolecular Hbond substituents is 1. The molecule has 0 aromatic heterocycles. The molecule has 1 aliphatic rings. The van der Waals surface area contributed by atoms with E-state index in [4.69, 9.17) is 9.47 Å². The van der Waals surface area contributed by atoms with Gasteiger partial charge in [0.15, 0.2) is 16.9 Å². The van der Waals surface area contributed by atoms with Crippen molar-refractivity contribution < 1.29 is 19.4 Å². The molecular formula is C20H21NO5S. The van der Waals surface area contributed by atoms with Crippen LogP contribution in [-0.4, -0.2) is 32.0 Å². The zero-order chi connectivity index (χ0) is 19.6. The number of aryl methyl sites for hydroxylation is 1. The van der Waals surface area contributed by atoms with Crippen LogP contribution in [-0.2, 0) is 11.2 Å². The van der Waals surface area contributed by atoms with Gasteiger partial charge in [0.05, 0.1) is 25.2 Å². The van der Waals surface area contributed by atoms with Crippen molar-refractivity contribution in [2.24, 2.45) is 0 Å². The lowest BCUT2D eigenvalue weighted by Crippen LogP contribution is -2.20. The SMILES string of the molecule is COc1cc2c(c(OC)c1O)-c1ccc(SC)c(=O)cc1C(NC=O)CC2. The van der Waals surface area contributed by atoms with Gasteiger partial charge in [0.25, 0.3) is 0 Å². The van der Waals surface area contributed by atoms with E-state index >= 15 is 0 Å². The van der Waals surface area contributed by atoms with Crippen LogP contribution in [0.2, 0.25) is 0 Å². The fourth-order valence-corrected chi connectivity index (χ4v) is 4.01. The maximum Gasteiger partial charge on any atom is 0.207 e. The Hall–Kier alpha value is -2.67. The fraction of sp³-hybridized carbons (Fsp3) is 0.300. The Balaban J connectivity index is 2.41. The predicted octanol–water partition coefficient (Wildman–Crippen LogP) is 2.89. The summed E-state index contributed by atoms with van der Waals surface area (Å²) in [6.07, 6.45) is 3.71. The lowest BCUT2D eigenvalue weighted by Gasteiger charge is -2.17. The third kappa shape index (κ3) is 3.35. The summed E-state index contributed by atoms with van der Waals surface area (Å²) >= 11 is 1.36. The Morgan fingerprint density at radius 3 is 2.67 bits per heavy atom. The van der Waals surface area contributed by atoms with Crippen LogP contribution in [0.4, 0.5) is 0 Å². The maximum atomic E-state index is 12.6. The quantitative estimate of drug-likeness (QED) is 0.606. The first-order valence-corrected chi connectivity index (χ1v) is 9.67. The highest BCUT2D eigenvalue weighted by Crippen LogP contribution is 2.49. The van der Waals surface area contributed by atoms with Crippen LogP contribution in [0.3, 0.4) is 0 Å². The molecule has 27 heavy (non-hydrogen) atoms. The van der Waals surface area contributed by atoms with E-state index in [1.807, 2.05) is 12.3 Å². The topological polar surface area (TPSA) is 84.9 Å². The van der Waals surface area contributed by atoms with E-state index in [-0.39, 0.29) is 17.2 Å². The van der Waals surface area contributed by atoms with Crippen molar-refractivity contribution in [1.29, 1.82) is 0 Å². The fourth-order valence-electron chi connectivity index (χ4n) is 3.54. The number of amides is 1. The molecule has 2 N–H and O–H groups in total. The first-order chi connectivity index (χ1) is 13.0. The van der Waals surface area contributed by atoms with Gasteiger partial charge in [0, 0.05) is 5.56 Å². The van der Waals surface area contributed by atoms with Crippen molar-refractivity contribution in [3.05, 3.63) is 45.6 Å². The number of aromatic hydroxyl groups is 1. The number of methoxy groups -OCH3 is 2. The highest BCUT2D eigenvalue weighted by atomic mass is 32.2. The number of carbonyl (C=O) groups is 1. The van der Waals surface area contributed by atoms with Crippen molar-refractivity contribution >= 4 is 18.2 Å². The van der Waals surface area contributed by atoms with Crippen LogP contribution in [0, 0.1) is 0 Å². The third-order valence-electron chi connectivity index (χ3n) is 4.80. The molecule has 0 radical (unpaired) electrons. The number of hydrogen-bond acceptors (Lipinski definition) is 6. The second-order valence-corrected chi connectivity index (χ2v) is 7.00. The molecule has 1 atom stereocenters. The number of carbonyl (C=O) groups excluding carboxylic acids is 1. The van der Waals surface area contributed by atoms with Crippen molar-refractivity contribution in [3.63, 3.8) is 0 Å². The van der Waals surface area contributed by atoms with Gasteiger partial charge in [-0.15, -0.1) is 11.8 Å². The molecule has 3 rings (SSSR count). The van der Waals surface area contributed by atoms with Gasteiger partial charge in [-0.1, -0.05) is 6.07 Å². The monoisotopic (exact) mass is 387 g/mol. The smallest absolute Gasteiger partial charge is 0.207 e. The minimum atomic E-state index is -0.322. The average molecular weight is 387 g/mol. The molecule has 0 saturated carbocycles. The molecule has 1 unspecified atom stereocenters. The summed E-state index contributed by atoms with van der Waals surface area (Å²) in [5.74, 6) is 0.524. The van der Waals surface area contributed by atoms with E-state index in [1.165, 1.54) is 26.0 Å². The Kier molecular flexibility index (Phi) is 5.60. The number of phenols is 1. The van der Waals surface area contributed by atoms with E-state index < -0.39 is 0 Å². The third-order valence-corrected chi connectivity index (χ3v) is 5.58. The lowest BCUT2D eigenvalue weighted by molar-refractivity contribution is -0.110. The van der Waals surface area contributed by atoms with Crippen molar-refractivity contribution in [1.82, 2.24) is 5.32 Å². The van der Waals surface area contributed by atoms with Crippen LogP contribution in [0.5, 0.6) is 17.2 Å². The lowest BCUT2D eigenvalue weighted by atomic mass is 9.95. The van der Waals surface area contributed by atoms with Crippen LogP contribution in [0.15, 0.2) is 34.0 Å². The Morgan fingerprint density at radius 2 is 2.04 bits per heavy atom. The molecule has 2 aromatic rings. The van der Waals surface area contributed by atoms with Crippen molar-refractivity contribution in [3.8, 4) is 28.4 Å². The number of benzene rings is 1. The van der Waals surface area contributed by atoms with Crippen LogP contribution >= 0.6 is 11.8 Å². The first-order valence-electron chi connectivity index (χ1n) is 8.44. The molecule has 7 heteroatoms. The van der Waals surface area contributed by atoms with E-state index in [2.05, 4.69) is 5.32 Å². The summed E-state index contributed by atoms with van der Waals surface area (Å²) in [7, 11) is 2.96. The second kappa shape index (κ2) is 7.92. The Bertz CT molecular complexity index is 944. The summed E-state index contributed by atoms with van der Waals surface area (Å²) in [4.78, 5) is 24.3. The molecule has 0 aliphatic heterocycles. The Morgan fingerprint density at radius 1 is 1.26 bits per heavy atom. The number of rotatable bonds is 5. The molecule has 0 spiro atoms. The number of nitrogens with one attached hydrogen (secondary N) is 1. The van der Waals surface area contributed by atoms with Gasteiger partial charge in [0.2, 0.25) is 12.2 Å². The second-order valence-electron chi connectivity index (χ2n) is 6.15. The van der Waals surface area contributed by atoms with E-state index in [0.717, 1.165) is 11.1 Å². The molecule has 0 bridgehead atoms. The highest BCUT2D eigenvalue weighted by molar-refractivity contribution is 7.98. The number of hydrogen-bond donors (Lipinski definition) is 2. The van der Waals surface area contributed by atoms with E-state index in [1.54, 1.807) is 18.2 Å². The summed E-state index contributed by atoms with van der Waals surface area (Å²) in [5.41, 5.74) is 2.97. The van der Waals surface area contributed by atoms with Gasteiger partial charge in [-0.05, 0) is 54.0 Å². The summed E-state index contributed by atoms with van der Waals surface area (Å²) in [6.45, 7) is 0. The molecule has 142 valence electrons. The first kappa shape index (κ1) is 19.1. The number of fused-ring (bicyclic) bond motifs is 3. The predicted molar refractivity (Wildman–Crippen MR) is 105 cm³/mol. The van der Waals surface area contributed by atoms with Crippen LogP contribution in [0.1, 0.15) is 23.6 Å². The van der Waals surface area contributed by atoms with Gasteiger partial charge in [0.1, 0.15) is 0 Å².